The number of nitrogens with zero attached hydrogens (tertiary/aromatic N) is 1. The zero-order valence-corrected chi connectivity index (χ0v) is 13.0. The zero-order valence-electron chi connectivity index (χ0n) is 13.0. The minimum Gasteiger partial charge on any atom is -0.370 e. The van der Waals surface area contributed by atoms with Crippen LogP contribution in [0.3, 0.4) is 0 Å². The summed E-state index contributed by atoms with van der Waals surface area (Å²) in [4.78, 5) is 26.3. The molecule has 0 radical (unpaired) electrons. The van der Waals surface area contributed by atoms with Crippen LogP contribution in [0.25, 0.3) is 0 Å². The Morgan fingerprint density at radius 1 is 1.14 bits per heavy atom. The summed E-state index contributed by atoms with van der Waals surface area (Å²) in [6.45, 7) is 0.759. The molecular formula is C18H24N2O2. The SMILES string of the molecule is NC(=O)C[C@@H]1CCCCN1C(=O)[C@H]1CCCc2ccccc21. The van der Waals surface area contributed by atoms with E-state index in [0.717, 1.165) is 45.1 Å². The summed E-state index contributed by atoms with van der Waals surface area (Å²) >= 11 is 0. The van der Waals surface area contributed by atoms with Crippen molar-refractivity contribution in [1.29, 1.82) is 0 Å². The van der Waals surface area contributed by atoms with Gasteiger partial charge >= 0.3 is 0 Å². The number of amides is 2. The molecule has 1 aliphatic heterocycles. The minimum atomic E-state index is -0.311. The quantitative estimate of drug-likeness (QED) is 0.931. The Morgan fingerprint density at radius 2 is 1.95 bits per heavy atom. The highest BCUT2D eigenvalue weighted by atomic mass is 16.2. The summed E-state index contributed by atoms with van der Waals surface area (Å²) < 4.78 is 0. The van der Waals surface area contributed by atoms with Crippen molar-refractivity contribution in [2.75, 3.05) is 6.54 Å². The third kappa shape index (κ3) is 3.01. The highest BCUT2D eigenvalue weighted by Gasteiger charge is 2.34. The van der Waals surface area contributed by atoms with Crippen molar-refractivity contribution in [3.05, 3.63) is 35.4 Å². The van der Waals surface area contributed by atoms with Crippen LogP contribution in [-0.4, -0.2) is 29.3 Å². The highest BCUT2D eigenvalue weighted by molar-refractivity contribution is 5.85. The molecule has 4 heteroatoms. The fraction of sp³-hybridized carbons (Fsp3) is 0.556. The summed E-state index contributed by atoms with van der Waals surface area (Å²) in [5.74, 6) is -0.162. The summed E-state index contributed by atoms with van der Waals surface area (Å²) in [6, 6.07) is 8.27. The van der Waals surface area contributed by atoms with Gasteiger partial charge in [-0.2, -0.15) is 0 Å². The van der Waals surface area contributed by atoms with Crippen LogP contribution in [0.2, 0.25) is 0 Å². The first kappa shape index (κ1) is 15.1. The smallest absolute Gasteiger partial charge is 0.230 e. The monoisotopic (exact) mass is 300 g/mol. The predicted molar refractivity (Wildman–Crippen MR) is 85.3 cm³/mol. The Hall–Kier alpha value is -1.84. The molecule has 1 aliphatic carbocycles. The number of fused-ring (bicyclic) bond motifs is 1. The van der Waals surface area contributed by atoms with Gasteiger partial charge in [0, 0.05) is 19.0 Å². The molecule has 0 spiro atoms. The maximum absolute atomic E-state index is 13.1. The maximum Gasteiger partial charge on any atom is 0.230 e. The van der Waals surface area contributed by atoms with Crippen LogP contribution in [0.4, 0.5) is 0 Å². The first-order chi connectivity index (χ1) is 10.7. The van der Waals surface area contributed by atoms with Gasteiger partial charge in [0.25, 0.3) is 0 Å². The molecule has 1 heterocycles. The fourth-order valence-electron chi connectivity index (χ4n) is 3.95. The summed E-state index contributed by atoms with van der Waals surface area (Å²) in [7, 11) is 0. The van der Waals surface area contributed by atoms with Crippen molar-refractivity contribution < 1.29 is 9.59 Å². The van der Waals surface area contributed by atoms with Crippen LogP contribution < -0.4 is 5.73 Å². The number of hydrogen-bond donors (Lipinski definition) is 1. The molecule has 1 saturated heterocycles. The molecule has 118 valence electrons. The first-order valence-corrected chi connectivity index (χ1v) is 8.33. The first-order valence-electron chi connectivity index (χ1n) is 8.33. The highest BCUT2D eigenvalue weighted by Crippen LogP contribution is 2.34. The van der Waals surface area contributed by atoms with Gasteiger partial charge in [-0.1, -0.05) is 24.3 Å². The molecule has 2 amide bonds. The molecule has 2 aliphatic rings. The Balaban J connectivity index is 1.82. The normalized spacial score (nSPS) is 24.6. The van der Waals surface area contributed by atoms with Crippen LogP contribution in [0.1, 0.15) is 55.6 Å². The van der Waals surface area contributed by atoms with E-state index in [4.69, 9.17) is 5.73 Å². The van der Waals surface area contributed by atoms with E-state index in [1.165, 1.54) is 11.1 Å². The number of rotatable bonds is 3. The van der Waals surface area contributed by atoms with Gasteiger partial charge in [-0.15, -0.1) is 0 Å². The second kappa shape index (κ2) is 6.51. The number of benzene rings is 1. The third-order valence-corrected chi connectivity index (χ3v) is 5.01. The Labute approximate surface area is 131 Å². The summed E-state index contributed by atoms with van der Waals surface area (Å²) in [6.07, 6.45) is 6.31. The van der Waals surface area contributed by atoms with Crippen molar-refractivity contribution in [3.63, 3.8) is 0 Å². The number of piperidine rings is 1. The lowest BCUT2D eigenvalue weighted by Gasteiger charge is -2.38. The zero-order chi connectivity index (χ0) is 15.5. The lowest BCUT2D eigenvalue weighted by Crippen LogP contribution is -2.47. The van der Waals surface area contributed by atoms with Gasteiger partial charge in [-0.25, -0.2) is 0 Å². The van der Waals surface area contributed by atoms with Gasteiger partial charge in [0.15, 0.2) is 0 Å². The average Bonchev–Trinajstić information content (AvgIpc) is 2.54. The molecule has 2 atom stereocenters. The van der Waals surface area contributed by atoms with Crippen LogP contribution in [0.15, 0.2) is 24.3 Å². The van der Waals surface area contributed by atoms with Crippen molar-refractivity contribution >= 4 is 11.8 Å². The largest absolute Gasteiger partial charge is 0.370 e. The predicted octanol–water partition coefficient (Wildman–Crippen LogP) is 2.36. The molecule has 1 aromatic rings. The van der Waals surface area contributed by atoms with Gasteiger partial charge in [0.2, 0.25) is 11.8 Å². The number of primary amides is 1. The number of carbonyl (C=O) groups is 2. The van der Waals surface area contributed by atoms with E-state index in [2.05, 4.69) is 12.1 Å². The molecule has 0 saturated carbocycles. The van der Waals surface area contributed by atoms with Crippen LogP contribution >= 0.6 is 0 Å². The summed E-state index contributed by atoms with van der Waals surface area (Å²) in [5, 5.41) is 0. The Bertz CT molecular complexity index is 570. The molecule has 22 heavy (non-hydrogen) atoms. The fourth-order valence-corrected chi connectivity index (χ4v) is 3.95. The van der Waals surface area contributed by atoms with Crippen molar-refractivity contribution in [1.82, 2.24) is 4.90 Å². The second-order valence-electron chi connectivity index (χ2n) is 6.50. The molecule has 1 aromatic carbocycles. The maximum atomic E-state index is 13.1. The molecule has 0 bridgehead atoms. The number of nitrogens with two attached hydrogens (primary N) is 1. The standard InChI is InChI=1S/C18H24N2O2/c19-17(21)12-14-8-3-4-11-20(14)18(22)16-10-5-7-13-6-1-2-9-15(13)16/h1-2,6,9,14,16H,3-5,7-8,10-12H2,(H2,19,21)/t14-,16-/m0/s1. The molecular weight excluding hydrogens is 276 g/mol. The lowest BCUT2D eigenvalue weighted by atomic mass is 9.81. The average molecular weight is 300 g/mol. The number of likely N-dealkylation sites (tertiary alicyclic amines) is 1. The van der Waals surface area contributed by atoms with Crippen molar-refractivity contribution in [2.24, 2.45) is 5.73 Å². The minimum absolute atomic E-state index is 0.00663. The van der Waals surface area contributed by atoms with E-state index in [0.29, 0.717) is 6.42 Å². The van der Waals surface area contributed by atoms with Crippen molar-refractivity contribution in [2.45, 2.75) is 56.9 Å². The molecule has 1 fully saturated rings. The van der Waals surface area contributed by atoms with Crippen molar-refractivity contribution in [3.8, 4) is 0 Å². The molecule has 0 unspecified atom stereocenters. The van der Waals surface area contributed by atoms with E-state index in [-0.39, 0.29) is 23.8 Å². The van der Waals surface area contributed by atoms with E-state index >= 15 is 0 Å². The van der Waals surface area contributed by atoms with Crippen LogP contribution in [0, 0.1) is 0 Å². The van der Waals surface area contributed by atoms with Crippen LogP contribution in [-0.2, 0) is 16.0 Å². The molecule has 2 N–H and O–H groups in total. The second-order valence-corrected chi connectivity index (χ2v) is 6.50. The number of carbonyl (C=O) groups excluding carboxylic acids is 2. The Kier molecular flexibility index (Phi) is 4.46. The van der Waals surface area contributed by atoms with Gasteiger partial charge < -0.3 is 10.6 Å². The molecule has 0 aromatic heterocycles. The van der Waals surface area contributed by atoms with Crippen LogP contribution in [0.5, 0.6) is 0 Å². The van der Waals surface area contributed by atoms with Gasteiger partial charge in [-0.3, -0.25) is 9.59 Å². The van der Waals surface area contributed by atoms with E-state index in [1.54, 1.807) is 0 Å². The van der Waals surface area contributed by atoms with E-state index < -0.39 is 0 Å². The lowest BCUT2D eigenvalue weighted by molar-refractivity contribution is -0.137. The molecule has 3 rings (SSSR count). The van der Waals surface area contributed by atoms with E-state index in [1.807, 2.05) is 17.0 Å². The van der Waals surface area contributed by atoms with Gasteiger partial charge in [-0.05, 0) is 49.7 Å². The number of aryl methyl sites for hydroxylation is 1. The summed E-state index contributed by atoms with van der Waals surface area (Å²) in [5.41, 5.74) is 7.85. The number of hydrogen-bond acceptors (Lipinski definition) is 2. The van der Waals surface area contributed by atoms with Gasteiger partial charge in [0.05, 0.1) is 5.92 Å². The van der Waals surface area contributed by atoms with Gasteiger partial charge in [0.1, 0.15) is 0 Å². The topological polar surface area (TPSA) is 63.4 Å². The molecule has 4 nitrogen and oxygen atoms in total. The van der Waals surface area contributed by atoms with E-state index in [9.17, 15) is 9.59 Å². The third-order valence-electron chi connectivity index (χ3n) is 5.01. The Morgan fingerprint density at radius 3 is 2.77 bits per heavy atom.